The summed E-state index contributed by atoms with van der Waals surface area (Å²) in [5.41, 5.74) is 1.74. The number of pyridine rings is 1. The summed E-state index contributed by atoms with van der Waals surface area (Å²) in [4.78, 5) is 6.49. The van der Waals surface area contributed by atoms with Gasteiger partial charge in [0.25, 0.3) is 0 Å². The Bertz CT molecular complexity index is 1010. The van der Waals surface area contributed by atoms with Gasteiger partial charge in [-0.25, -0.2) is 0 Å². The molecule has 7 heteroatoms. The van der Waals surface area contributed by atoms with E-state index in [9.17, 15) is 13.2 Å². The Morgan fingerprint density at radius 1 is 1.03 bits per heavy atom. The van der Waals surface area contributed by atoms with Crippen LogP contribution in [0.3, 0.4) is 0 Å². The van der Waals surface area contributed by atoms with E-state index in [2.05, 4.69) is 22.0 Å². The van der Waals surface area contributed by atoms with Gasteiger partial charge < -0.3 is 4.74 Å². The molecule has 1 unspecified atom stereocenters. The number of fused-ring (bicyclic) bond motifs is 1. The van der Waals surface area contributed by atoms with E-state index < -0.39 is 17.2 Å². The molecule has 0 bridgehead atoms. The monoisotopic (exact) mass is 422 g/mol. The summed E-state index contributed by atoms with van der Waals surface area (Å²) < 4.78 is 43.7. The van der Waals surface area contributed by atoms with Crippen molar-refractivity contribution in [1.29, 1.82) is 0 Å². The van der Waals surface area contributed by atoms with E-state index in [1.165, 1.54) is 17.7 Å². The number of halogens is 3. The maximum atomic E-state index is 12.7. The minimum absolute atomic E-state index is 0.382. The zero-order valence-corrected chi connectivity index (χ0v) is 17.0. The molecule has 1 atom stereocenters. The predicted octanol–water partition coefficient (Wildman–Crippen LogP) is 4.80. The first kappa shape index (κ1) is 21.4. The van der Waals surface area contributed by atoms with Crippen molar-refractivity contribution in [2.24, 2.45) is 0 Å². The molecule has 0 saturated heterocycles. The van der Waals surface area contributed by atoms with Gasteiger partial charge in [-0.05, 0) is 59.9 Å². The number of hydrogen-bond donors (Lipinski definition) is 0. The van der Waals surface area contributed by atoms with E-state index in [-0.39, 0.29) is 0 Å². The molecule has 158 valence electrons. The summed E-state index contributed by atoms with van der Waals surface area (Å²) in [5, 5.41) is 0. The van der Waals surface area contributed by atoms with E-state index in [4.69, 9.17) is 12.6 Å². The Morgan fingerprint density at radius 2 is 1.81 bits per heavy atom. The zero-order valence-electron chi connectivity index (χ0n) is 17.0. The summed E-state index contributed by atoms with van der Waals surface area (Å²) in [6, 6.07) is 16.8. The molecular formula is C24H22BF3N2O. The molecule has 0 spiro atoms. The van der Waals surface area contributed by atoms with E-state index in [1.807, 2.05) is 24.3 Å². The Balaban J connectivity index is 1.44. The molecule has 0 saturated carbocycles. The molecule has 0 fully saturated rings. The van der Waals surface area contributed by atoms with E-state index in [0.717, 1.165) is 36.2 Å². The van der Waals surface area contributed by atoms with E-state index in [1.54, 1.807) is 12.4 Å². The molecular weight excluding hydrogens is 400 g/mol. The maximum absolute atomic E-state index is 12.7. The summed E-state index contributed by atoms with van der Waals surface area (Å²) >= 11 is 0. The van der Waals surface area contributed by atoms with Crippen LogP contribution in [0.15, 0.2) is 73.1 Å². The van der Waals surface area contributed by atoms with Crippen LogP contribution < -0.4 is 4.74 Å². The fourth-order valence-electron chi connectivity index (χ4n) is 4.11. The van der Waals surface area contributed by atoms with Gasteiger partial charge in [0, 0.05) is 30.9 Å². The zero-order chi connectivity index (χ0) is 21.9. The molecule has 1 aromatic heterocycles. The number of benzene rings is 2. The highest BCUT2D eigenvalue weighted by Crippen LogP contribution is 2.38. The second-order valence-electron chi connectivity index (χ2n) is 7.63. The maximum Gasteiger partial charge on any atom is 0.416 e. The molecule has 2 radical (unpaired) electrons. The van der Waals surface area contributed by atoms with Crippen molar-refractivity contribution in [1.82, 2.24) is 9.88 Å². The third-order valence-corrected chi connectivity index (χ3v) is 5.70. The second kappa shape index (κ2) is 8.75. The molecule has 31 heavy (non-hydrogen) atoms. The highest BCUT2D eigenvalue weighted by molar-refractivity contribution is 6.18. The van der Waals surface area contributed by atoms with Crippen molar-refractivity contribution in [3.05, 3.63) is 95.3 Å². The van der Waals surface area contributed by atoms with Crippen molar-refractivity contribution >= 4 is 7.85 Å². The summed E-state index contributed by atoms with van der Waals surface area (Å²) in [6.07, 6.45) is 0.759. The third-order valence-electron chi connectivity index (χ3n) is 5.70. The van der Waals surface area contributed by atoms with Crippen LogP contribution in [0.4, 0.5) is 13.2 Å². The highest BCUT2D eigenvalue weighted by Gasteiger charge is 2.39. The van der Waals surface area contributed by atoms with Crippen molar-refractivity contribution in [2.45, 2.75) is 24.5 Å². The predicted molar refractivity (Wildman–Crippen MR) is 114 cm³/mol. The first-order chi connectivity index (χ1) is 14.9. The fourth-order valence-corrected chi connectivity index (χ4v) is 4.11. The number of hydrogen-bond acceptors (Lipinski definition) is 3. The smallest absolute Gasteiger partial charge is 0.416 e. The van der Waals surface area contributed by atoms with Crippen molar-refractivity contribution < 1.29 is 17.9 Å². The minimum atomic E-state index is -4.35. The Hall–Kier alpha value is -2.80. The van der Waals surface area contributed by atoms with Gasteiger partial charge in [0.2, 0.25) is 0 Å². The largest absolute Gasteiger partial charge is 0.494 e. The van der Waals surface area contributed by atoms with Gasteiger partial charge in [0.15, 0.2) is 0 Å². The quantitative estimate of drug-likeness (QED) is 0.422. The lowest BCUT2D eigenvalue weighted by atomic mass is 9.63. The number of nitrogens with zero attached hydrogens (tertiary/aromatic N) is 2. The van der Waals surface area contributed by atoms with Gasteiger partial charge in [0.1, 0.15) is 13.6 Å². The minimum Gasteiger partial charge on any atom is -0.494 e. The van der Waals surface area contributed by atoms with Crippen molar-refractivity contribution in [3.63, 3.8) is 0 Å². The summed E-state index contributed by atoms with van der Waals surface area (Å²) in [5.74, 6) is 0.420. The first-order valence-electron chi connectivity index (χ1n) is 10.2. The Kier molecular flexibility index (Phi) is 6.05. The SMILES string of the molecule is [B]C1(c2cccnc2)c2ccccc2CCN1CCCOc1ccc(C(F)(F)F)cc1. The lowest BCUT2D eigenvalue weighted by Gasteiger charge is -2.47. The summed E-state index contributed by atoms with van der Waals surface area (Å²) in [7, 11) is 7.03. The average molecular weight is 422 g/mol. The second-order valence-corrected chi connectivity index (χ2v) is 7.63. The Morgan fingerprint density at radius 3 is 2.52 bits per heavy atom. The third kappa shape index (κ3) is 4.47. The molecule has 2 heterocycles. The molecule has 0 aliphatic carbocycles. The van der Waals surface area contributed by atoms with Crippen LogP contribution in [0.5, 0.6) is 5.75 Å². The number of aromatic nitrogens is 1. The van der Waals surface area contributed by atoms with Crippen LogP contribution in [-0.4, -0.2) is 37.4 Å². The molecule has 3 aromatic rings. The first-order valence-corrected chi connectivity index (χ1v) is 10.2. The van der Waals surface area contributed by atoms with Crippen molar-refractivity contribution in [3.8, 4) is 5.75 Å². The van der Waals surface area contributed by atoms with Crippen LogP contribution in [0.25, 0.3) is 0 Å². The van der Waals surface area contributed by atoms with Crippen LogP contribution >= 0.6 is 0 Å². The van der Waals surface area contributed by atoms with E-state index in [0.29, 0.717) is 25.3 Å². The summed E-state index contributed by atoms with van der Waals surface area (Å²) in [6.45, 7) is 1.86. The van der Waals surface area contributed by atoms with Gasteiger partial charge in [-0.1, -0.05) is 30.3 Å². The van der Waals surface area contributed by atoms with Crippen LogP contribution in [-0.2, 0) is 18.0 Å². The molecule has 0 N–H and O–H groups in total. The lowest BCUT2D eigenvalue weighted by Crippen LogP contribution is -2.52. The highest BCUT2D eigenvalue weighted by atomic mass is 19.4. The van der Waals surface area contributed by atoms with Gasteiger partial charge >= 0.3 is 6.18 Å². The van der Waals surface area contributed by atoms with Gasteiger partial charge in [-0.3, -0.25) is 9.88 Å². The van der Waals surface area contributed by atoms with Crippen molar-refractivity contribution in [2.75, 3.05) is 19.7 Å². The molecule has 1 aliphatic rings. The molecule has 2 aromatic carbocycles. The lowest BCUT2D eigenvalue weighted by molar-refractivity contribution is -0.137. The molecule has 1 aliphatic heterocycles. The normalized spacial score (nSPS) is 19.1. The number of ether oxygens (including phenoxy) is 1. The molecule has 4 rings (SSSR count). The average Bonchev–Trinajstić information content (AvgIpc) is 2.78. The number of alkyl halides is 3. The van der Waals surface area contributed by atoms with Crippen LogP contribution in [0, 0.1) is 0 Å². The van der Waals surface area contributed by atoms with E-state index >= 15 is 0 Å². The van der Waals surface area contributed by atoms with Gasteiger partial charge in [-0.2, -0.15) is 13.2 Å². The Labute approximate surface area is 181 Å². The molecule has 0 amide bonds. The molecule has 3 nitrogen and oxygen atoms in total. The standard InChI is InChI=1S/C24H22BF3N2O/c25-23(20-6-3-13-29-17-20)22-7-2-1-5-18(22)12-15-30(23)14-4-16-31-21-10-8-19(9-11-21)24(26,27)28/h1-3,5-11,13,17H,4,12,14-16H2. The van der Waals surface area contributed by atoms with Crippen LogP contribution in [0.1, 0.15) is 28.7 Å². The van der Waals surface area contributed by atoms with Crippen LogP contribution in [0.2, 0.25) is 0 Å². The van der Waals surface area contributed by atoms with Gasteiger partial charge in [0.05, 0.1) is 12.2 Å². The fraction of sp³-hybridized carbons (Fsp3) is 0.292. The number of rotatable bonds is 6. The topological polar surface area (TPSA) is 25.4 Å². The van der Waals surface area contributed by atoms with Gasteiger partial charge in [-0.15, -0.1) is 0 Å².